The second kappa shape index (κ2) is 6.40. The first-order chi connectivity index (χ1) is 8.04. The lowest BCUT2D eigenvalue weighted by Gasteiger charge is -2.15. The topological polar surface area (TPSA) is 49.3 Å². The summed E-state index contributed by atoms with van der Waals surface area (Å²) in [6.07, 6.45) is 0.709. The number of aliphatic hydroxyl groups is 1. The van der Waals surface area contributed by atoms with Crippen molar-refractivity contribution >= 4 is 5.91 Å². The normalized spacial score (nSPS) is 12.2. The second-order valence-electron chi connectivity index (χ2n) is 4.43. The SMILES string of the molecule is CCCC(=O)NCC(O)c1cc(C)ccc1C. The van der Waals surface area contributed by atoms with Gasteiger partial charge in [0.1, 0.15) is 0 Å². The van der Waals surface area contributed by atoms with Crippen LogP contribution in [0.1, 0.15) is 42.6 Å². The lowest BCUT2D eigenvalue weighted by atomic mass is 10.0. The molecule has 1 aromatic carbocycles. The Morgan fingerprint density at radius 2 is 2.12 bits per heavy atom. The summed E-state index contributed by atoms with van der Waals surface area (Å²) in [5.74, 6) is -0.00291. The molecule has 94 valence electrons. The van der Waals surface area contributed by atoms with E-state index in [-0.39, 0.29) is 12.5 Å². The molecule has 3 heteroatoms. The van der Waals surface area contributed by atoms with Gasteiger partial charge in [-0.2, -0.15) is 0 Å². The van der Waals surface area contributed by atoms with Crippen LogP contribution >= 0.6 is 0 Å². The lowest BCUT2D eigenvalue weighted by molar-refractivity contribution is -0.121. The highest BCUT2D eigenvalue weighted by molar-refractivity contribution is 5.75. The molecular weight excluding hydrogens is 214 g/mol. The van der Waals surface area contributed by atoms with Crippen molar-refractivity contribution in [3.8, 4) is 0 Å². The number of rotatable bonds is 5. The van der Waals surface area contributed by atoms with E-state index >= 15 is 0 Å². The number of aliphatic hydroxyl groups excluding tert-OH is 1. The van der Waals surface area contributed by atoms with Crippen molar-refractivity contribution in [3.05, 3.63) is 34.9 Å². The van der Waals surface area contributed by atoms with Crippen LogP contribution in [0.5, 0.6) is 0 Å². The number of carbonyl (C=O) groups excluding carboxylic acids is 1. The lowest BCUT2D eigenvalue weighted by Crippen LogP contribution is -2.28. The van der Waals surface area contributed by atoms with Gasteiger partial charge in [-0.15, -0.1) is 0 Å². The van der Waals surface area contributed by atoms with Crippen molar-refractivity contribution in [1.29, 1.82) is 0 Å². The Hall–Kier alpha value is -1.35. The Labute approximate surface area is 103 Å². The Morgan fingerprint density at radius 1 is 1.41 bits per heavy atom. The third-order valence-corrected chi connectivity index (χ3v) is 2.76. The van der Waals surface area contributed by atoms with Gasteiger partial charge in [-0.3, -0.25) is 4.79 Å². The average molecular weight is 235 g/mol. The van der Waals surface area contributed by atoms with E-state index in [1.807, 2.05) is 39.0 Å². The van der Waals surface area contributed by atoms with Gasteiger partial charge in [0.15, 0.2) is 0 Å². The van der Waals surface area contributed by atoms with Crippen LogP contribution in [0.25, 0.3) is 0 Å². The van der Waals surface area contributed by atoms with Crippen molar-refractivity contribution in [2.45, 2.75) is 39.7 Å². The number of hydrogen-bond donors (Lipinski definition) is 2. The number of aryl methyl sites for hydroxylation is 2. The predicted octanol–water partition coefficient (Wildman–Crippen LogP) is 2.25. The zero-order chi connectivity index (χ0) is 12.8. The number of nitrogens with one attached hydrogen (secondary N) is 1. The molecule has 0 fully saturated rings. The fraction of sp³-hybridized carbons (Fsp3) is 0.500. The molecule has 0 aliphatic rings. The first-order valence-corrected chi connectivity index (χ1v) is 6.06. The van der Waals surface area contributed by atoms with E-state index in [1.165, 1.54) is 0 Å². The molecule has 0 saturated carbocycles. The molecule has 1 unspecified atom stereocenters. The van der Waals surface area contributed by atoms with Gasteiger partial charge in [0, 0.05) is 13.0 Å². The van der Waals surface area contributed by atoms with E-state index in [4.69, 9.17) is 0 Å². The van der Waals surface area contributed by atoms with Crippen LogP contribution in [0.4, 0.5) is 0 Å². The molecule has 0 bridgehead atoms. The number of benzene rings is 1. The van der Waals surface area contributed by atoms with Crippen LogP contribution in [-0.2, 0) is 4.79 Å². The molecule has 0 heterocycles. The molecule has 0 spiro atoms. The monoisotopic (exact) mass is 235 g/mol. The summed E-state index contributed by atoms with van der Waals surface area (Å²) in [6.45, 7) is 6.20. The van der Waals surface area contributed by atoms with Crippen molar-refractivity contribution in [2.75, 3.05) is 6.54 Å². The largest absolute Gasteiger partial charge is 0.387 e. The molecule has 0 aromatic heterocycles. The maximum absolute atomic E-state index is 11.3. The highest BCUT2D eigenvalue weighted by atomic mass is 16.3. The van der Waals surface area contributed by atoms with Crippen molar-refractivity contribution < 1.29 is 9.90 Å². The van der Waals surface area contributed by atoms with E-state index in [1.54, 1.807) is 0 Å². The summed E-state index contributed by atoms with van der Waals surface area (Å²) in [5, 5.41) is 12.8. The molecule has 0 aliphatic carbocycles. The van der Waals surface area contributed by atoms with Crippen LogP contribution in [0.15, 0.2) is 18.2 Å². The summed E-state index contributed by atoms with van der Waals surface area (Å²) in [6, 6.07) is 5.97. The van der Waals surface area contributed by atoms with Crippen molar-refractivity contribution in [2.24, 2.45) is 0 Å². The molecule has 0 aliphatic heterocycles. The zero-order valence-electron chi connectivity index (χ0n) is 10.8. The third kappa shape index (κ3) is 4.19. The van der Waals surface area contributed by atoms with E-state index in [0.29, 0.717) is 6.42 Å². The Bertz CT molecular complexity index is 388. The smallest absolute Gasteiger partial charge is 0.220 e. The minimum Gasteiger partial charge on any atom is -0.387 e. The van der Waals surface area contributed by atoms with Gasteiger partial charge in [0.05, 0.1) is 6.10 Å². The molecule has 0 radical (unpaired) electrons. The Kier molecular flexibility index (Phi) is 5.16. The highest BCUT2D eigenvalue weighted by Gasteiger charge is 2.11. The summed E-state index contributed by atoms with van der Waals surface area (Å²) in [5.41, 5.74) is 3.05. The van der Waals surface area contributed by atoms with Gasteiger partial charge in [-0.25, -0.2) is 0 Å². The molecular formula is C14H21NO2. The first kappa shape index (κ1) is 13.7. The maximum atomic E-state index is 11.3. The summed E-state index contributed by atoms with van der Waals surface area (Å²) in [7, 11) is 0. The van der Waals surface area contributed by atoms with Gasteiger partial charge in [-0.05, 0) is 31.4 Å². The fourth-order valence-corrected chi connectivity index (χ4v) is 1.75. The molecule has 2 N–H and O–H groups in total. The van der Waals surface area contributed by atoms with Gasteiger partial charge >= 0.3 is 0 Å². The Morgan fingerprint density at radius 3 is 2.76 bits per heavy atom. The van der Waals surface area contributed by atoms with E-state index in [9.17, 15) is 9.90 Å². The van der Waals surface area contributed by atoms with Crippen LogP contribution in [0.2, 0.25) is 0 Å². The minimum absolute atomic E-state index is 0.00291. The molecule has 1 aromatic rings. The molecule has 17 heavy (non-hydrogen) atoms. The van der Waals surface area contributed by atoms with Crippen LogP contribution < -0.4 is 5.32 Å². The maximum Gasteiger partial charge on any atom is 0.220 e. The van der Waals surface area contributed by atoms with Crippen LogP contribution in [0, 0.1) is 13.8 Å². The van der Waals surface area contributed by atoms with Gasteiger partial charge in [0.25, 0.3) is 0 Å². The zero-order valence-corrected chi connectivity index (χ0v) is 10.8. The van der Waals surface area contributed by atoms with Gasteiger partial charge in [0.2, 0.25) is 5.91 Å². The molecule has 3 nitrogen and oxygen atoms in total. The average Bonchev–Trinajstić information content (AvgIpc) is 2.29. The van der Waals surface area contributed by atoms with Gasteiger partial charge in [-0.1, -0.05) is 30.7 Å². The fourth-order valence-electron chi connectivity index (χ4n) is 1.75. The third-order valence-electron chi connectivity index (χ3n) is 2.76. The highest BCUT2D eigenvalue weighted by Crippen LogP contribution is 2.18. The van der Waals surface area contributed by atoms with E-state index < -0.39 is 6.10 Å². The van der Waals surface area contributed by atoms with Gasteiger partial charge < -0.3 is 10.4 Å². The number of hydrogen-bond acceptors (Lipinski definition) is 2. The first-order valence-electron chi connectivity index (χ1n) is 6.06. The second-order valence-corrected chi connectivity index (χ2v) is 4.43. The standard InChI is InChI=1S/C14H21NO2/c1-4-5-14(17)15-9-13(16)12-8-10(2)6-7-11(12)3/h6-8,13,16H,4-5,9H2,1-3H3,(H,15,17). The molecule has 1 rings (SSSR count). The van der Waals surface area contributed by atoms with E-state index in [2.05, 4.69) is 5.32 Å². The molecule has 1 atom stereocenters. The van der Waals surface area contributed by atoms with Crippen molar-refractivity contribution in [1.82, 2.24) is 5.32 Å². The molecule has 0 saturated heterocycles. The summed E-state index contributed by atoms with van der Waals surface area (Å²) < 4.78 is 0. The van der Waals surface area contributed by atoms with Crippen LogP contribution in [0.3, 0.4) is 0 Å². The minimum atomic E-state index is -0.629. The van der Waals surface area contributed by atoms with E-state index in [0.717, 1.165) is 23.1 Å². The molecule has 1 amide bonds. The van der Waals surface area contributed by atoms with Crippen LogP contribution in [-0.4, -0.2) is 17.6 Å². The Balaban J connectivity index is 2.60. The number of amides is 1. The summed E-state index contributed by atoms with van der Waals surface area (Å²) in [4.78, 5) is 11.3. The predicted molar refractivity (Wildman–Crippen MR) is 68.8 cm³/mol. The number of carbonyl (C=O) groups is 1. The summed E-state index contributed by atoms with van der Waals surface area (Å²) >= 11 is 0. The van der Waals surface area contributed by atoms with Crippen molar-refractivity contribution in [3.63, 3.8) is 0 Å². The quantitative estimate of drug-likeness (QED) is 0.822.